The molecule has 0 aliphatic heterocycles. The highest BCUT2D eigenvalue weighted by Gasteiger charge is 2.15. The molecule has 1 heterocycles. The van der Waals surface area contributed by atoms with Crippen molar-refractivity contribution in [3.05, 3.63) is 66.0 Å². The maximum atomic E-state index is 13.9. The van der Waals surface area contributed by atoms with Crippen molar-refractivity contribution < 1.29 is 9.18 Å². The number of Topliss-reactive ketones (excluding diaryl/α,β-unsaturated/α-hetero) is 1. The maximum Gasteiger partial charge on any atom is 0.191 e. The lowest BCUT2D eigenvalue weighted by Gasteiger charge is -2.04. The van der Waals surface area contributed by atoms with Crippen LogP contribution in [0.4, 0.5) is 4.39 Å². The number of hydrogen-bond donors (Lipinski definition) is 0. The van der Waals surface area contributed by atoms with Gasteiger partial charge in [-0.2, -0.15) is 0 Å². The zero-order valence-corrected chi connectivity index (χ0v) is 13.3. The number of carbonyl (C=O) groups excluding carboxylic acids is 1. The molecule has 0 spiro atoms. The highest BCUT2D eigenvalue weighted by atomic mass is 32.2. The summed E-state index contributed by atoms with van der Waals surface area (Å²) in [5, 5.41) is 8.67. The molecule has 0 unspecified atom stereocenters. The van der Waals surface area contributed by atoms with Gasteiger partial charge < -0.3 is 4.57 Å². The number of halogens is 1. The van der Waals surface area contributed by atoms with Gasteiger partial charge in [-0.05, 0) is 12.1 Å². The van der Waals surface area contributed by atoms with Gasteiger partial charge in [0.05, 0.1) is 11.3 Å². The molecule has 3 aromatic rings. The second-order valence-corrected chi connectivity index (χ2v) is 5.87. The Hall–Kier alpha value is -2.47. The van der Waals surface area contributed by atoms with Gasteiger partial charge in [0.1, 0.15) is 5.82 Å². The van der Waals surface area contributed by atoms with Gasteiger partial charge >= 0.3 is 0 Å². The van der Waals surface area contributed by atoms with Crippen molar-refractivity contribution in [3.8, 4) is 11.4 Å². The molecule has 0 radical (unpaired) electrons. The number of hydrogen-bond acceptors (Lipinski definition) is 4. The summed E-state index contributed by atoms with van der Waals surface area (Å²) in [4.78, 5) is 12.1. The summed E-state index contributed by atoms with van der Waals surface area (Å²) in [6.07, 6.45) is 0. The van der Waals surface area contributed by atoms with E-state index in [9.17, 15) is 9.18 Å². The number of carbonyl (C=O) groups is 1. The number of benzene rings is 2. The molecule has 0 aliphatic rings. The van der Waals surface area contributed by atoms with Gasteiger partial charge in [-0.1, -0.05) is 54.2 Å². The van der Waals surface area contributed by atoms with E-state index >= 15 is 0 Å². The van der Waals surface area contributed by atoms with Gasteiger partial charge in [-0.3, -0.25) is 4.79 Å². The van der Waals surface area contributed by atoms with Crippen molar-refractivity contribution in [3.63, 3.8) is 0 Å². The van der Waals surface area contributed by atoms with Gasteiger partial charge in [0.15, 0.2) is 16.8 Å². The van der Waals surface area contributed by atoms with Crippen molar-refractivity contribution in [1.82, 2.24) is 14.8 Å². The minimum atomic E-state index is -0.347. The van der Waals surface area contributed by atoms with Gasteiger partial charge in [0.25, 0.3) is 0 Å². The van der Waals surface area contributed by atoms with Gasteiger partial charge in [0.2, 0.25) is 0 Å². The Labute approximate surface area is 137 Å². The zero-order valence-electron chi connectivity index (χ0n) is 12.4. The molecule has 6 heteroatoms. The lowest BCUT2D eigenvalue weighted by atomic mass is 10.2. The van der Waals surface area contributed by atoms with E-state index in [0.717, 1.165) is 0 Å². The first-order chi connectivity index (χ1) is 11.2. The number of nitrogens with zero attached hydrogens (tertiary/aromatic N) is 3. The van der Waals surface area contributed by atoms with E-state index in [1.54, 1.807) is 41.9 Å². The Morgan fingerprint density at radius 3 is 2.52 bits per heavy atom. The van der Waals surface area contributed by atoms with Crippen molar-refractivity contribution in [2.24, 2.45) is 7.05 Å². The smallest absolute Gasteiger partial charge is 0.191 e. The van der Waals surface area contributed by atoms with Crippen LogP contribution in [-0.4, -0.2) is 26.3 Å². The molecule has 23 heavy (non-hydrogen) atoms. The van der Waals surface area contributed by atoms with Crippen LogP contribution in [0, 0.1) is 5.82 Å². The Morgan fingerprint density at radius 1 is 1.09 bits per heavy atom. The topological polar surface area (TPSA) is 47.8 Å². The molecule has 1 aromatic heterocycles. The molecule has 0 fully saturated rings. The molecule has 2 aromatic carbocycles. The summed E-state index contributed by atoms with van der Waals surface area (Å²) in [7, 11) is 1.76. The van der Waals surface area contributed by atoms with Crippen molar-refractivity contribution in [2.45, 2.75) is 5.16 Å². The van der Waals surface area contributed by atoms with E-state index < -0.39 is 0 Å². The zero-order chi connectivity index (χ0) is 16.2. The molecule has 0 atom stereocenters. The summed E-state index contributed by atoms with van der Waals surface area (Å²) in [6.45, 7) is 0. The first-order valence-electron chi connectivity index (χ1n) is 7.02. The molecule has 0 saturated heterocycles. The van der Waals surface area contributed by atoms with Crippen LogP contribution in [0.5, 0.6) is 0 Å². The monoisotopic (exact) mass is 327 g/mol. The Kier molecular flexibility index (Phi) is 4.52. The van der Waals surface area contributed by atoms with Crippen molar-refractivity contribution >= 4 is 17.5 Å². The average molecular weight is 327 g/mol. The van der Waals surface area contributed by atoms with E-state index in [-0.39, 0.29) is 17.4 Å². The summed E-state index contributed by atoms with van der Waals surface area (Å²) < 4.78 is 15.6. The molecule has 0 N–H and O–H groups in total. The fraction of sp³-hybridized carbons (Fsp3) is 0.118. The molecule has 4 nitrogen and oxygen atoms in total. The van der Waals surface area contributed by atoms with Crippen LogP contribution in [-0.2, 0) is 7.05 Å². The van der Waals surface area contributed by atoms with Crippen LogP contribution in [0.1, 0.15) is 10.4 Å². The largest absolute Gasteiger partial charge is 0.305 e. The summed E-state index contributed by atoms with van der Waals surface area (Å²) >= 11 is 1.29. The van der Waals surface area contributed by atoms with E-state index in [4.69, 9.17) is 0 Å². The first kappa shape index (κ1) is 15.4. The molecular weight excluding hydrogens is 313 g/mol. The maximum absolute atomic E-state index is 13.9. The lowest BCUT2D eigenvalue weighted by Crippen LogP contribution is -2.03. The molecule has 116 valence electrons. The predicted octanol–water partition coefficient (Wildman–Crippen LogP) is 3.60. The van der Waals surface area contributed by atoms with Crippen molar-refractivity contribution in [1.29, 1.82) is 0 Å². The third-order valence-electron chi connectivity index (χ3n) is 3.38. The van der Waals surface area contributed by atoms with E-state index in [1.165, 1.54) is 17.8 Å². The number of aromatic nitrogens is 3. The number of thioether (sulfide) groups is 1. The predicted molar refractivity (Wildman–Crippen MR) is 87.9 cm³/mol. The third kappa shape index (κ3) is 3.32. The molecule has 0 amide bonds. The number of rotatable bonds is 5. The van der Waals surface area contributed by atoms with Crippen LogP contribution < -0.4 is 0 Å². The summed E-state index contributed by atoms with van der Waals surface area (Å²) in [5.41, 5.74) is 1.06. The molecule has 3 rings (SSSR count). The Morgan fingerprint density at radius 2 is 1.78 bits per heavy atom. The van der Waals surface area contributed by atoms with Crippen LogP contribution >= 0.6 is 11.8 Å². The van der Waals surface area contributed by atoms with Crippen LogP contribution in [0.25, 0.3) is 11.4 Å². The van der Waals surface area contributed by atoms with E-state index in [1.807, 2.05) is 18.2 Å². The van der Waals surface area contributed by atoms with Crippen LogP contribution in [0.15, 0.2) is 59.8 Å². The standard InChI is InChI=1S/C17H14FN3OS/c1-21-16(13-9-5-6-10-14(13)18)19-20-17(21)23-11-15(22)12-7-3-2-4-8-12/h2-10H,11H2,1H3. The SMILES string of the molecule is Cn1c(SCC(=O)c2ccccc2)nnc1-c1ccccc1F. The number of ketones is 1. The minimum absolute atomic E-state index is 0.0195. The van der Waals surface area contributed by atoms with Crippen molar-refractivity contribution in [2.75, 3.05) is 5.75 Å². The van der Waals surface area contributed by atoms with Gasteiger partial charge in [-0.15, -0.1) is 10.2 Å². The van der Waals surface area contributed by atoms with Crippen LogP contribution in [0.3, 0.4) is 0 Å². The second-order valence-electron chi connectivity index (χ2n) is 4.92. The van der Waals surface area contributed by atoms with E-state index in [0.29, 0.717) is 22.1 Å². The van der Waals surface area contributed by atoms with Crippen LogP contribution in [0.2, 0.25) is 0 Å². The fourth-order valence-corrected chi connectivity index (χ4v) is 2.96. The minimum Gasteiger partial charge on any atom is -0.305 e. The Balaban J connectivity index is 1.76. The third-order valence-corrected chi connectivity index (χ3v) is 4.40. The van der Waals surface area contributed by atoms with Gasteiger partial charge in [0, 0.05) is 12.6 Å². The fourth-order valence-electron chi connectivity index (χ4n) is 2.16. The summed E-state index contributed by atoms with van der Waals surface area (Å²) in [5.74, 6) is 0.372. The molecule has 0 saturated carbocycles. The Bertz CT molecular complexity index is 833. The summed E-state index contributed by atoms with van der Waals surface area (Å²) in [6, 6.07) is 15.5. The highest BCUT2D eigenvalue weighted by molar-refractivity contribution is 7.99. The molecule has 0 bridgehead atoms. The molecular formula is C17H14FN3OS. The first-order valence-corrected chi connectivity index (χ1v) is 8.00. The average Bonchev–Trinajstić information content (AvgIpc) is 2.94. The lowest BCUT2D eigenvalue weighted by molar-refractivity contribution is 0.102. The molecule has 0 aliphatic carbocycles. The van der Waals surface area contributed by atoms with E-state index in [2.05, 4.69) is 10.2 Å². The van der Waals surface area contributed by atoms with Gasteiger partial charge in [-0.25, -0.2) is 4.39 Å². The highest BCUT2D eigenvalue weighted by Crippen LogP contribution is 2.25. The normalized spacial score (nSPS) is 10.7. The quantitative estimate of drug-likeness (QED) is 0.531. The second kappa shape index (κ2) is 6.75.